The molecular formula is C14H13ClO3S. The van der Waals surface area contributed by atoms with E-state index in [0.717, 1.165) is 27.5 Å². The number of hydrogen-bond acceptors (Lipinski definition) is 3. The van der Waals surface area contributed by atoms with Gasteiger partial charge in [-0.25, -0.2) is 4.79 Å². The van der Waals surface area contributed by atoms with Gasteiger partial charge in [-0.3, -0.25) is 0 Å². The van der Waals surface area contributed by atoms with Crippen molar-refractivity contribution in [3.8, 4) is 5.75 Å². The number of benzene rings is 1. The van der Waals surface area contributed by atoms with Crippen LogP contribution < -0.4 is 4.74 Å². The molecule has 0 saturated heterocycles. The number of ether oxygens (including phenoxy) is 1. The summed E-state index contributed by atoms with van der Waals surface area (Å²) in [6, 6.07) is 5.38. The van der Waals surface area contributed by atoms with Crippen LogP contribution in [0.4, 0.5) is 0 Å². The van der Waals surface area contributed by atoms with Gasteiger partial charge in [-0.2, -0.15) is 0 Å². The van der Waals surface area contributed by atoms with Gasteiger partial charge in [0.2, 0.25) is 0 Å². The van der Waals surface area contributed by atoms with E-state index in [2.05, 4.69) is 0 Å². The van der Waals surface area contributed by atoms with Crippen LogP contribution in [0.15, 0.2) is 23.6 Å². The minimum absolute atomic E-state index is 0.321. The van der Waals surface area contributed by atoms with E-state index in [9.17, 15) is 4.79 Å². The number of aryl methyl sites for hydroxylation is 2. The van der Waals surface area contributed by atoms with Crippen molar-refractivity contribution in [1.29, 1.82) is 0 Å². The highest BCUT2D eigenvalue weighted by atomic mass is 35.5. The summed E-state index contributed by atoms with van der Waals surface area (Å²) in [5.74, 6) is -0.170. The number of carbonyl (C=O) groups is 1. The van der Waals surface area contributed by atoms with Gasteiger partial charge in [0.1, 0.15) is 17.2 Å². The number of rotatable bonds is 4. The number of carboxylic acids is 1. The fourth-order valence-corrected chi connectivity index (χ4v) is 2.56. The van der Waals surface area contributed by atoms with Crippen LogP contribution in [0.5, 0.6) is 5.75 Å². The van der Waals surface area contributed by atoms with Crippen LogP contribution in [-0.2, 0) is 6.61 Å². The number of carboxylic acid groups (broad SMARTS) is 1. The first-order valence-electron chi connectivity index (χ1n) is 5.67. The van der Waals surface area contributed by atoms with Crippen LogP contribution >= 0.6 is 22.9 Å². The van der Waals surface area contributed by atoms with Crippen molar-refractivity contribution >= 4 is 28.9 Å². The standard InChI is InChI=1S/C14H13ClO3S/c1-8-3-11(4-9(2)13(8)15)18-6-10-5-12(14(16)17)19-7-10/h3-5,7H,6H2,1-2H3,(H,16,17). The molecule has 0 saturated carbocycles. The van der Waals surface area contributed by atoms with E-state index < -0.39 is 5.97 Å². The maximum Gasteiger partial charge on any atom is 0.345 e. The Morgan fingerprint density at radius 1 is 1.32 bits per heavy atom. The normalized spacial score (nSPS) is 10.5. The summed E-state index contributed by atoms with van der Waals surface area (Å²) >= 11 is 7.29. The van der Waals surface area contributed by atoms with Gasteiger partial charge in [0.15, 0.2) is 0 Å². The summed E-state index contributed by atoms with van der Waals surface area (Å²) in [5.41, 5.74) is 2.79. The second kappa shape index (κ2) is 5.63. The molecule has 100 valence electrons. The Kier molecular flexibility index (Phi) is 4.12. The van der Waals surface area contributed by atoms with Gasteiger partial charge >= 0.3 is 5.97 Å². The highest BCUT2D eigenvalue weighted by molar-refractivity contribution is 7.12. The fraction of sp³-hybridized carbons (Fsp3) is 0.214. The van der Waals surface area contributed by atoms with E-state index in [-0.39, 0.29) is 0 Å². The Morgan fingerprint density at radius 2 is 1.95 bits per heavy atom. The molecular weight excluding hydrogens is 284 g/mol. The van der Waals surface area contributed by atoms with Crippen molar-refractivity contribution in [3.05, 3.63) is 50.2 Å². The predicted molar refractivity (Wildman–Crippen MR) is 76.5 cm³/mol. The monoisotopic (exact) mass is 296 g/mol. The highest BCUT2D eigenvalue weighted by Crippen LogP contribution is 2.26. The average Bonchev–Trinajstić information content (AvgIpc) is 2.82. The van der Waals surface area contributed by atoms with Crippen molar-refractivity contribution in [2.45, 2.75) is 20.5 Å². The van der Waals surface area contributed by atoms with Crippen molar-refractivity contribution in [2.75, 3.05) is 0 Å². The maximum absolute atomic E-state index is 10.8. The van der Waals surface area contributed by atoms with E-state index in [1.165, 1.54) is 11.3 Å². The molecule has 19 heavy (non-hydrogen) atoms. The van der Waals surface area contributed by atoms with Gasteiger partial charge in [0, 0.05) is 10.6 Å². The third-order valence-electron chi connectivity index (χ3n) is 2.68. The number of halogens is 1. The Morgan fingerprint density at radius 3 is 2.47 bits per heavy atom. The second-order valence-electron chi connectivity index (χ2n) is 4.28. The van der Waals surface area contributed by atoms with Crippen LogP contribution in [0.2, 0.25) is 5.02 Å². The van der Waals surface area contributed by atoms with E-state index in [1.54, 1.807) is 11.4 Å². The van der Waals surface area contributed by atoms with Crippen LogP contribution in [0.25, 0.3) is 0 Å². The first-order valence-corrected chi connectivity index (χ1v) is 6.93. The molecule has 1 aromatic heterocycles. The van der Waals surface area contributed by atoms with Crippen molar-refractivity contribution in [1.82, 2.24) is 0 Å². The zero-order valence-corrected chi connectivity index (χ0v) is 12.1. The number of hydrogen-bond donors (Lipinski definition) is 1. The lowest BCUT2D eigenvalue weighted by Gasteiger charge is -2.09. The molecule has 0 aliphatic rings. The predicted octanol–water partition coefficient (Wildman–Crippen LogP) is 4.30. The number of thiophene rings is 1. The molecule has 0 radical (unpaired) electrons. The Bertz CT molecular complexity index is 596. The molecule has 0 atom stereocenters. The first kappa shape index (κ1) is 13.9. The van der Waals surface area contributed by atoms with Gasteiger partial charge in [-0.1, -0.05) is 11.6 Å². The molecule has 5 heteroatoms. The third-order valence-corrected chi connectivity index (χ3v) is 4.24. The zero-order chi connectivity index (χ0) is 14.0. The third kappa shape index (κ3) is 3.28. The molecule has 0 spiro atoms. The second-order valence-corrected chi connectivity index (χ2v) is 5.57. The lowest BCUT2D eigenvalue weighted by Crippen LogP contribution is -1.96. The molecule has 0 bridgehead atoms. The molecule has 2 rings (SSSR count). The maximum atomic E-state index is 10.8. The van der Waals surface area contributed by atoms with E-state index in [1.807, 2.05) is 26.0 Å². The summed E-state index contributed by atoms with van der Waals surface area (Å²) in [6.45, 7) is 4.20. The zero-order valence-electron chi connectivity index (χ0n) is 10.6. The highest BCUT2D eigenvalue weighted by Gasteiger charge is 2.08. The Hall–Kier alpha value is -1.52. The summed E-state index contributed by atoms with van der Waals surface area (Å²) in [5, 5.41) is 11.4. The molecule has 0 fully saturated rings. The molecule has 3 nitrogen and oxygen atoms in total. The first-order chi connectivity index (χ1) is 8.97. The molecule has 0 aliphatic carbocycles. The average molecular weight is 297 g/mol. The molecule has 2 aromatic rings. The molecule has 0 amide bonds. The lowest BCUT2D eigenvalue weighted by atomic mass is 10.1. The van der Waals surface area contributed by atoms with Crippen molar-refractivity contribution < 1.29 is 14.6 Å². The van der Waals surface area contributed by atoms with Crippen LogP contribution in [0, 0.1) is 13.8 Å². The largest absolute Gasteiger partial charge is 0.489 e. The van der Waals surface area contributed by atoms with Crippen LogP contribution in [0.3, 0.4) is 0 Å². The van der Waals surface area contributed by atoms with Gasteiger partial charge in [-0.15, -0.1) is 11.3 Å². The summed E-state index contributed by atoms with van der Waals surface area (Å²) < 4.78 is 5.66. The van der Waals surface area contributed by atoms with E-state index in [0.29, 0.717) is 11.5 Å². The molecule has 0 unspecified atom stereocenters. The van der Waals surface area contributed by atoms with E-state index >= 15 is 0 Å². The fourth-order valence-electron chi connectivity index (χ4n) is 1.72. The minimum atomic E-state index is -0.908. The van der Waals surface area contributed by atoms with Gasteiger partial charge in [-0.05, 0) is 48.6 Å². The molecule has 1 N–H and O–H groups in total. The van der Waals surface area contributed by atoms with Gasteiger partial charge in [0.05, 0.1) is 0 Å². The Labute approximate surface area is 120 Å². The Balaban J connectivity index is 2.08. The SMILES string of the molecule is Cc1cc(OCc2csc(C(=O)O)c2)cc(C)c1Cl. The quantitative estimate of drug-likeness (QED) is 0.915. The number of aromatic carboxylic acids is 1. The lowest BCUT2D eigenvalue weighted by molar-refractivity contribution is 0.0702. The topological polar surface area (TPSA) is 46.5 Å². The van der Waals surface area contributed by atoms with Crippen molar-refractivity contribution in [3.63, 3.8) is 0 Å². The van der Waals surface area contributed by atoms with Crippen LogP contribution in [-0.4, -0.2) is 11.1 Å². The molecule has 1 aromatic carbocycles. The molecule has 1 heterocycles. The summed E-state index contributed by atoms with van der Waals surface area (Å²) in [4.78, 5) is 11.1. The van der Waals surface area contributed by atoms with Gasteiger partial charge < -0.3 is 9.84 Å². The summed E-state index contributed by atoms with van der Waals surface area (Å²) in [6.07, 6.45) is 0. The molecule has 0 aliphatic heterocycles. The summed E-state index contributed by atoms with van der Waals surface area (Å²) in [7, 11) is 0. The minimum Gasteiger partial charge on any atom is -0.489 e. The van der Waals surface area contributed by atoms with Gasteiger partial charge in [0.25, 0.3) is 0 Å². The smallest absolute Gasteiger partial charge is 0.345 e. The van der Waals surface area contributed by atoms with E-state index in [4.69, 9.17) is 21.4 Å². The van der Waals surface area contributed by atoms with Crippen LogP contribution in [0.1, 0.15) is 26.4 Å². The van der Waals surface area contributed by atoms with Crippen molar-refractivity contribution in [2.24, 2.45) is 0 Å².